The maximum absolute atomic E-state index is 8.81. The van der Waals surface area contributed by atoms with Gasteiger partial charge >= 0.3 is 0 Å². The summed E-state index contributed by atoms with van der Waals surface area (Å²) in [7, 11) is 0. The van der Waals surface area contributed by atoms with Crippen LogP contribution in [0.2, 0.25) is 0 Å². The molecule has 2 rings (SSSR count). The molecule has 2 aromatic rings. The molecule has 0 bridgehead atoms. The monoisotopic (exact) mass is 235 g/mol. The van der Waals surface area contributed by atoms with Gasteiger partial charge in [-0.1, -0.05) is 26.8 Å². The molecule has 0 amide bonds. The standard InChI is InChI=1S/C12H17N3O2/c1-12(2,3)11-14-13-9-5-4-6-10(15(9)11)17-8-7-16/h4-6,16H,7-8H2,1-3H3. The summed E-state index contributed by atoms with van der Waals surface area (Å²) in [6.45, 7) is 6.48. The van der Waals surface area contributed by atoms with Crippen molar-refractivity contribution in [3.8, 4) is 5.88 Å². The van der Waals surface area contributed by atoms with Crippen LogP contribution >= 0.6 is 0 Å². The number of aromatic nitrogens is 3. The second kappa shape index (κ2) is 4.33. The Kier molecular flexibility index (Phi) is 3.02. The minimum absolute atomic E-state index is 0.0106. The Hall–Kier alpha value is -1.62. The van der Waals surface area contributed by atoms with E-state index in [1.165, 1.54) is 0 Å². The average Bonchev–Trinajstić information content (AvgIpc) is 2.69. The van der Waals surface area contributed by atoms with Crippen LogP contribution in [0.5, 0.6) is 5.88 Å². The Labute approximate surface area is 100 Å². The van der Waals surface area contributed by atoms with E-state index in [2.05, 4.69) is 31.0 Å². The maximum atomic E-state index is 8.81. The van der Waals surface area contributed by atoms with Crippen LogP contribution in [-0.4, -0.2) is 32.9 Å². The summed E-state index contributed by atoms with van der Waals surface area (Å²) >= 11 is 0. The lowest BCUT2D eigenvalue weighted by atomic mass is 9.96. The van der Waals surface area contributed by atoms with Gasteiger partial charge in [0.15, 0.2) is 5.65 Å². The lowest BCUT2D eigenvalue weighted by Crippen LogP contribution is -2.17. The van der Waals surface area contributed by atoms with Gasteiger partial charge < -0.3 is 9.84 Å². The number of ether oxygens (including phenoxy) is 1. The third kappa shape index (κ3) is 2.24. The number of hydrogen-bond donors (Lipinski definition) is 1. The summed E-state index contributed by atoms with van der Waals surface area (Å²) in [5.41, 5.74) is 0.642. The Morgan fingerprint density at radius 1 is 1.29 bits per heavy atom. The van der Waals surface area contributed by atoms with Gasteiger partial charge in [-0.25, -0.2) is 4.40 Å². The Morgan fingerprint density at radius 3 is 2.71 bits per heavy atom. The van der Waals surface area contributed by atoms with Crippen molar-refractivity contribution in [1.29, 1.82) is 0 Å². The van der Waals surface area contributed by atoms with Crippen LogP contribution < -0.4 is 4.74 Å². The molecule has 0 aromatic carbocycles. The predicted molar refractivity (Wildman–Crippen MR) is 64.3 cm³/mol. The highest BCUT2D eigenvalue weighted by atomic mass is 16.5. The molecule has 0 aliphatic rings. The molecule has 0 aliphatic heterocycles. The number of aliphatic hydroxyl groups is 1. The van der Waals surface area contributed by atoms with E-state index in [1.807, 2.05) is 22.6 Å². The lowest BCUT2D eigenvalue weighted by molar-refractivity contribution is 0.194. The minimum atomic E-state index is -0.113. The van der Waals surface area contributed by atoms with Crippen molar-refractivity contribution in [3.63, 3.8) is 0 Å². The number of pyridine rings is 1. The third-order valence-corrected chi connectivity index (χ3v) is 2.40. The number of fused-ring (bicyclic) bond motifs is 1. The Balaban J connectivity index is 2.56. The Morgan fingerprint density at radius 2 is 2.06 bits per heavy atom. The van der Waals surface area contributed by atoms with Gasteiger partial charge in [0.2, 0.25) is 5.88 Å². The van der Waals surface area contributed by atoms with Crippen LogP contribution in [0.15, 0.2) is 18.2 Å². The van der Waals surface area contributed by atoms with E-state index < -0.39 is 0 Å². The van der Waals surface area contributed by atoms with Gasteiger partial charge in [-0.15, -0.1) is 10.2 Å². The zero-order valence-electron chi connectivity index (χ0n) is 10.3. The van der Waals surface area contributed by atoms with Gasteiger partial charge in [0.1, 0.15) is 12.4 Å². The molecule has 17 heavy (non-hydrogen) atoms. The van der Waals surface area contributed by atoms with Crippen LogP contribution in [0.1, 0.15) is 26.6 Å². The van der Waals surface area contributed by atoms with Gasteiger partial charge in [-0.2, -0.15) is 0 Å². The number of rotatable bonds is 3. The molecule has 2 heterocycles. The predicted octanol–water partition coefficient (Wildman–Crippen LogP) is 1.40. The van der Waals surface area contributed by atoms with E-state index in [0.29, 0.717) is 5.88 Å². The first-order valence-corrected chi connectivity index (χ1v) is 5.62. The summed E-state index contributed by atoms with van der Waals surface area (Å²) in [5.74, 6) is 1.51. The zero-order valence-corrected chi connectivity index (χ0v) is 10.3. The topological polar surface area (TPSA) is 59.7 Å². The molecule has 1 N–H and O–H groups in total. The first-order chi connectivity index (χ1) is 8.04. The maximum Gasteiger partial charge on any atom is 0.200 e. The molecule has 92 valence electrons. The molecule has 0 unspecified atom stereocenters. The van der Waals surface area contributed by atoms with E-state index in [0.717, 1.165) is 11.5 Å². The quantitative estimate of drug-likeness (QED) is 0.873. The van der Waals surface area contributed by atoms with E-state index in [4.69, 9.17) is 9.84 Å². The van der Waals surface area contributed by atoms with Crippen molar-refractivity contribution < 1.29 is 9.84 Å². The molecular formula is C12H17N3O2. The third-order valence-electron chi connectivity index (χ3n) is 2.40. The first kappa shape index (κ1) is 11.9. The van der Waals surface area contributed by atoms with Crippen LogP contribution in [0.4, 0.5) is 0 Å². The number of nitrogens with zero attached hydrogens (tertiary/aromatic N) is 3. The summed E-state index contributed by atoms with van der Waals surface area (Å²) < 4.78 is 7.38. The van der Waals surface area contributed by atoms with Crippen LogP contribution in [0, 0.1) is 0 Å². The molecular weight excluding hydrogens is 218 g/mol. The molecule has 0 fully saturated rings. The van der Waals surface area contributed by atoms with Gasteiger partial charge in [-0.05, 0) is 12.1 Å². The molecule has 0 radical (unpaired) electrons. The SMILES string of the molecule is CC(C)(C)c1nnc2cccc(OCCO)n12. The van der Waals surface area contributed by atoms with Gasteiger partial charge in [0, 0.05) is 5.41 Å². The van der Waals surface area contributed by atoms with Crippen molar-refractivity contribution in [2.24, 2.45) is 0 Å². The van der Waals surface area contributed by atoms with Crippen molar-refractivity contribution in [2.75, 3.05) is 13.2 Å². The largest absolute Gasteiger partial charge is 0.476 e. The molecule has 0 saturated heterocycles. The summed E-state index contributed by atoms with van der Waals surface area (Å²) in [6.07, 6.45) is 0. The fourth-order valence-electron chi connectivity index (χ4n) is 1.66. The van der Waals surface area contributed by atoms with E-state index >= 15 is 0 Å². The summed E-state index contributed by atoms with van der Waals surface area (Å²) in [6, 6.07) is 5.60. The summed E-state index contributed by atoms with van der Waals surface area (Å²) in [5, 5.41) is 17.1. The van der Waals surface area contributed by atoms with E-state index in [-0.39, 0.29) is 18.6 Å². The average molecular weight is 235 g/mol. The molecule has 5 nitrogen and oxygen atoms in total. The molecule has 0 aliphatic carbocycles. The first-order valence-electron chi connectivity index (χ1n) is 5.62. The van der Waals surface area contributed by atoms with Gasteiger partial charge in [-0.3, -0.25) is 0 Å². The molecule has 0 atom stereocenters. The van der Waals surface area contributed by atoms with Gasteiger partial charge in [0.05, 0.1) is 6.61 Å². The summed E-state index contributed by atoms with van der Waals surface area (Å²) in [4.78, 5) is 0. The second-order valence-corrected chi connectivity index (χ2v) is 4.90. The zero-order chi connectivity index (χ0) is 12.5. The van der Waals surface area contributed by atoms with Crippen LogP contribution in [-0.2, 0) is 5.41 Å². The molecule has 0 saturated carbocycles. The van der Waals surface area contributed by atoms with Crippen molar-refractivity contribution in [2.45, 2.75) is 26.2 Å². The molecule has 5 heteroatoms. The highest BCUT2D eigenvalue weighted by Gasteiger charge is 2.22. The highest BCUT2D eigenvalue weighted by Crippen LogP contribution is 2.24. The van der Waals surface area contributed by atoms with Crippen LogP contribution in [0.3, 0.4) is 0 Å². The van der Waals surface area contributed by atoms with Crippen molar-refractivity contribution in [1.82, 2.24) is 14.6 Å². The van der Waals surface area contributed by atoms with E-state index in [9.17, 15) is 0 Å². The smallest absolute Gasteiger partial charge is 0.200 e. The van der Waals surface area contributed by atoms with Gasteiger partial charge in [0.25, 0.3) is 0 Å². The molecule has 0 spiro atoms. The fraction of sp³-hybridized carbons (Fsp3) is 0.500. The fourth-order valence-corrected chi connectivity index (χ4v) is 1.66. The van der Waals surface area contributed by atoms with Crippen LogP contribution in [0.25, 0.3) is 5.65 Å². The number of hydrogen-bond acceptors (Lipinski definition) is 4. The second-order valence-electron chi connectivity index (χ2n) is 4.90. The van der Waals surface area contributed by atoms with Crippen molar-refractivity contribution >= 4 is 5.65 Å². The normalized spacial score (nSPS) is 12.0. The number of aliphatic hydroxyl groups excluding tert-OH is 1. The minimum Gasteiger partial charge on any atom is -0.476 e. The highest BCUT2D eigenvalue weighted by molar-refractivity contribution is 5.43. The van der Waals surface area contributed by atoms with Crippen molar-refractivity contribution in [3.05, 3.63) is 24.0 Å². The lowest BCUT2D eigenvalue weighted by Gasteiger charge is -2.17. The molecule has 2 aromatic heterocycles. The van der Waals surface area contributed by atoms with E-state index in [1.54, 1.807) is 0 Å². The Bertz CT molecular complexity index is 514.